The predicted octanol–water partition coefficient (Wildman–Crippen LogP) is 3.13. The Morgan fingerprint density at radius 3 is 2.45 bits per heavy atom. The number of amides is 1. The Bertz CT molecular complexity index is 440. The van der Waals surface area contributed by atoms with Crippen molar-refractivity contribution < 1.29 is 4.79 Å². The Balaban J connectivity index is 0.00000200. The number of para-hydroxylation sites is 1. The lowest BCUT2D eigenvalue weighted by Gasteiger charge is -2.35. The molecule has 1 fully saturated rings. The molecule has 1 aliphatic rings. The van der Waals surface area contributed by atoms with Gasteiger partial charge in [0.15, 0.2) is 0 Å². The van der Waals surface area contributed by atoms with Gasteiger partial charge in [0.25, 0.3) is 0 Å². The number of nitrogen functional groups attached to an aromatic ring is 1. The van der Waals surface area contributed by atoms with Crippen LogP contribution in [0.15, 0.2) is 24.3 Å². The van der Waals surface area contributed by atoms with Gasteiger partial charge in [-0.05, 0) is 36.3 Å². The second-order valence-corrected chi connectivity index (χ2v) is 5.94. The van der Waals surface area contributed by atoms with Crippen LogP contribution in [0.4, 0.5) is 5.69 Å². The standard InChI is InChI=1S/C16H24N2O.ClH/c1-12-9-13(2)11-18(10-12)16(19)8-7-14-5-3-4-6-15(14)17;/h3-6,12-13H,7-11,17H2,1-2H3;1H. The maximum atomic E-state index is 12.3. The van der Waals surface area contributed by atoms with Crippen LogP contribution in [0.25, 0.3) is 0 Å². The Morgan fingerprint density at radius 1 is 1.25 bits per heavy atom. The molecule has 0 radical (unpaired) electrons. The molecule has 2 rings (SSSR count). The maximum absolute atomic E-state index is 12.3. The molecule has 0 aromatic heterocycles. The van der Waals surface area contributed by atoms with E-state index in [0.29, 0.717) is 18.3 Å². The van der Waals surface area contributed by atoms with E-state index in [4.69, 9.17) is 5.73 Å². The first kappa shape index (κ1) is 16.8. The third-order valence-corrected chi connectivity index (χ3v) is 3.88. The Hall–Kier alpha value is -1.22. The molecule has 2 unspecified atom stereocenters. The number of halogens is 1. The minimum absolute atomic E-state index is 0. The fourth-order valence-electron chi connectivity index (χ4n) is 3.03. The zero-order chi connectivity index (χ0) is 13.8. The largest absolute Gasteiger partial charge is 0.399 e. The summed E-state index contributed by atoms with van der Waals surface area (Å²) >= 11 is 0. The number of likely N-dealkylation sites (tertiary alicyclic amines) is 1. The first-order chi connectivity index (χ1) is 9.06. The van der Waals surface area contributed by atoms with Crippen LogP contribution < -0.4 is 5.73 Å². The number of carbonyl (C=O) groups excluding carboxylic acids is 1. The number of carbonyl (C=O) groups is 1. The summed E-state index contributed by atoms with van der Waals surface area (Å²) in [5.41, 5.74) is 7.77. The summed E-state index contributed by atoms with van der Waals surface area (Å²) in [5, 5.41) is 0. The Kier molecular flexibility index (Phi) is 6.34. The molecule has 1 aromatic rings. The van der Waals surface area contributed by atoms with Crippen molar-refractivity contribution in [2.45, 2.75) is 33.1 Å². The number of nitrogens with two attached hydrogens (primary N) is 1. The average Bonchev–Trinajstić information content (AvgIpc) is 2.36. The fourth-order valence-corrected chi connectivity index (χ4v) is 3.03. The summed E-state index contributed by atoms with van der Waals surface area (Å²) in [4.78, 5) is 14.3. The molecular weight excluding hydrogens is 272 g/mol. The van der Waals surface area contributed by atoms with Gasteiger partial charge >= 0.3 is 0 Å². The molecule has 3 nitrogen and oxygen atoms in total. The predicted molar refractivity (Wildman–Crippen MR) is 85.9 cm³/mol. The van der Waals surface area contributed by atoms with E-state index < -0.39 is 0 Å². The normalized spacial score (nSPS) is 22.2. The van der Waals surface area contributed by atoms with Crippen molar-refractivity contribution >= 4 is 24.0 Å². The monoisotopic (exact) mass is 296 g/mol. The third kappa shape index (κ3) is 4.41. The van der Waals surface area contributed by atoms with Crippen molar-refractivity contribution in [3.63, 3.8) is 0 Å². The molecule has 0 aliphatic carbocycles. The molecule has 1 amide bonds. The Labute approximate surface area is 127 Å². The lowest BCUT2D eigenvalue weighted by molar-refractivity contribution is -0.133. The number of piperidine rings is 1. The first-order valence-corrected chi connectivity index (χ1v) is 7.17. The van der Waals surface area contributed by atoms with Crippen LogP contribution in [0.3, 0.4) is 0 Å². The van der Waals surface area contributed by atoms with Crippen molar-refractivity contribution in [3.05, 3.63) is 29.8 Å². The SMILES string of the molecule is CC1CC(C)CN(C(=O)CCc2ccccc2N)C1.Cl. The lowest BCUT2D eigenvalue weighted by Crippen LogP contribution is -2.42. The summed E-state index contributed by atoms with van der Waals surface area (Å²) in [6, 6.07) is 7.80. The fraction of sp³-hybridized carbons (Fsp3) is 0.562. The molecule has 2 N–H and O–H groups in total. The number of nitrogens with zero attached hydrogens (tertiary/aromatic N) is 1. The highest BCUT2D eigenvalue weighted by molar-refractivity contribution is 5.85. The highest BCUT2D eigenvalue weighted by Gasteiger charge is 2.24. The van der Waals surface area contributed by atoms with Crippen LogP contribution in [0.5, 0.6) is 0 Å². The van der Waals surface area contributed by atoms with Crippen molar-refractivity contribution in [1.29, 1.82) is 0 Å². The van der Waals surface area contributed by atoms with E-state index in [-0.39, 0.29) is 18.3 Å². The summed E-state index contributed by atoms with van der Waals surface area (Å²) in [5.74, 6) is 1.51. The molecule has 2 atom stereocenters. The smallest absolute Gasteiger partial charge is 0.222 e. The van der Waals surface area contributed by atoms with Crippen LogP contribution in [-0.4, -0.2) is 23.9 Å². The highest BCUT2D eigenvalue weighted by Crippen LogP contribution is 2.22. The van der Waals surface area contributed by atoms with Gasteiger partial charge < -0.3 is 10.6 Å². The topological polar surface area (TPSA) is 46.3 Å². The molecule has 4 heteroatoms. The van der Waals surface area contributed by atoms with E-state index in [0.717, 1.165) is 30.8 Å². The van der Waals surface area contributed by atoms with Gasteiger partial charge in [-0.25, -0.2) is 0 Å². The van der Waals surface area contributed by atoms with Gasteiger partial charge in [-0.2, -0.15) is 0 Å². The van der Waals surface area contributed by atoms with Crippen molar-refractivity contribution in [3.8, 4) is 0 Å². The summed E-state index contributed by atoms with van der Waals surface area (Å²) in [6.07, 6.45) is 2.54. The molecule has 1 aliphatic heterocycles. The van der Waals surface area contributed by atoms with Crippen LogP contribution in [-0.2, 0) is 11.2 Å². The second kappa shape index (κ2) is 7.53. The second-order valence-electron chi connectivity index (χ2n) is 5.94. The van der Waals surface area contributed by atoms with Crippen molar-refractivity contribution in [2.75, 3.05) is 18.8 Å². The van der Waals surface area contributed by atoms with Crippen LogP contribution >= 0.6 is 12.4 Å². The van der Waals surface area contributed by atoms with E-state index in [1.807, 2.05) is 29.2 Å². The van der Waals surface area contributed by atoms with Gasteiger partial charge in [0.2, 0.25) is 5.91 Å². The molecule has 20 heavy (non-hydrogen) atoms. The van der Waals surface area contributed by atoms with Gasteiger partial charge in [0.1, 0.15) is 0 Å². The van der Waals surface area contributed by atoms with Gasteiger partial charge in [-0.1, -0.05) is 32.0 Å². The van der Waals surface area contributed by atoms with E-state index in [1.54, 1.807) is 0 Å². The van der Waals surface area contributed by atoms with E-state index >= 15 is 0 Å². The van der Waals surface area contributed by atoms with Crippen LogP contribution in [0.2, 0.25) is 0 Å². The number of hydrogen-bond acceptors (Lipinski definition) is 2. The third-order valence-electron chi connectivity index (χ3n) is 3.88. The molecule has 1 saturated heterocycles. The number of hydrogen-bond donors (Lipinski definition) is 1. The molecule has 112 valence electrons. The quantitative estimate of drug-likeness (QED) is 0.871. The van der Waals surface area contributed by atoms with Gasteiger partial charge in [0, 0.05) is 25.2 Å². The van der Waals surface area contributed by atoms with E-state index in [9.17, 15) is 4.79 Å². The Morgan fingerprint density at radius 2 is 1.85 bits per heavy atom. The zero-order valence-corrected chi connectivity index (χ0v) is 13.2. The summed E-state index contributed by atoms with van der Waals surface area (Å²) in [7, 11) is 0. The minimum atomic E-state index is 0. The van der Waals surface area contributed by atoms with E-state index in [2.05, 4.69) is 13.8 Å². The highest BCUT2D eigenvalue weighted by atomic mass is 35.5. The van der Waals surface area contributed by atoms with Gasteiger partial charge in [0.05, 0.1) is 0 Å². The number of benzene rings is 1. The average molecular weight is 297 g/mol. The molecule has 0 bridgehead atoms. The van der Waals surface area contributed by atoms with Crippen molar-refractivity contribution in [1.82, 2.24) is 4.90 Å². The molecular formula is C16H25ClN2O. The van der Waals surface area contributed by atoms with Crippen LogP contribution in [0, 0.1) is 11.8 Å². The minimum Gasteiger partial charge on any atom is -0.399 e. The summed E-state index contributed by atoms with van der Waals surface area (Å²) in [6.45, 7) is 6.27. The number of anilines is 1. The molecule has 1 aromatic carbocycles. The number of rotatable bonds is 3. The van der Waals surface area contributed by atoms with Gasteiger partial charge in [-0.15, -0.1) is 12.4 Å². The first-order valence-electron chi connectivity index (χ1n) is 7.17. The molecule has 1 heterocycles. The molecule has 0 spiro atoms. The zero-order valence-electron chi connectivity index (χ0n) is 12.3. The van der Waals surface area contributed by atoms with Gasteiger partial charge in [-0.3, -0.25) is 4.79 Å². The number of aryl methyl sites for hydroxylation is 1. The van der Waals surface area contributed by atoms with E-state index in [1.165, 1.54) is 6.42 Å². The summed E-state index contributed by atoms with van der Waals surface area (Å²) < 4.78 is 0. The molecule has 0 saturated carbocycles. The van der Waals surface area contributed by atoms with Crippen LogP contribution in [0.1, 0.15) is 32.3 Å². The maximum Gasteiger partial charge on any atom is 0.222 e. The van der Waals surface area contributed by atoms with Crippen molar-refractivity contribution in [2.24, 2.45) is 11.8 Å². The lowest BCUT2D eigenvalue weighted by atomic mass is 9.91.